The quantitative estimate of drug-likeness (QED) is 0.276. The number of nitrogens with two attached hydrogens (primary N) is 2. The van der Waals surface area contributed by atoms with Crippen molar-refractivity contribution in [3.63, 3.8) is 0 Å². The lowest BCUT2D eigenvalue weighted by molar-refractivity contribution is 0.339. The highest BCUT2D eigenvalue weighted by atomic mass is 35.5. The number of hydrogen-bond acceptors (Lipinski definition) is 2. The smallest absolute Gasteiger partial charge is 0.197 e. The highest BCUT2D eigenvalue weighted by Crippen LogP contribution is 2.07. The fourth-order valence-electron chi connectivity index (χ4n) is 1.30. The van der Waals surface area contributed by atoms with Gasteiger partial charge >= 0.3 is 0 Å². The van der Waals surface area contributed by atoms with Gasteiger partial charge in [-0.2, -0.15) is 5.10 Å². The van der Waals surface area contributed by atoms with Crippen LogP contribution in [0.2, 0.25) is 0 Å². The van der Waals surface area contributed by atoms with E-state index in [1.807, 2.05) is 4.90 Å². The van der Waals surface area contributed by atoms with Crippen molar-refractivity contribution in [1.29, 1.82) is 0 Å². The predicted molar refractivity (Wildman–Crippen MR) is 57.0 cm³/mol. The molecule has 6 heteroatoms. The van der Waals surface area contributed by atoms with Crippen LogP contribution in [0, 0.1) is 0 Å². The van der Waals surface area contributed by atoms with Gasteiger partial charge in [-0.05, 0) is 19.3 Å². The molecular weight excluding hydrogens is 190 g/mol. The number of piperidine rings is 1. The SMILES string of the molecule is Cl.N/N=C/N=C(N)N1CCCCC1. The number of hydrazone groups is 1. The Morgan fingerprint density at radius 1 is 1.23 bits per heavy atom. The molecule has 0 aromatic rings. The molecule has 1 saturated heterocycles. The molecule has 1 aliphatic heterocycles. The van der Waals surface area contributed by atoms with Crippen molar-refractivity contribution in [2.75, 3.05) is 13.1 Å². The zero-order valence-electron chi connectivity index (χ0n) is 7.52. The van der Waals surface area contributed by atoms with Crippen molar-refractivity contribution in [3.8, 4) is 0 Å². The van der Waals surface area contributed by atoms with Crippen molar-refractivity contribution in [1.82, 2.24) is 4.90 Å². The Labute approximate surface area is 84.3 Å². The Morgan fingerprint density at radius 2 is 1.85 bits per heavy atom. The molecule has 1 fully saturated rings. The molecule has 4 N–H and O–H groups in total. The average Bonchev–Trinajstić information content (AvgIpc) is 2.15. The van der Waals surface area contributed by atoms with Crippen LogP contribution in [0.25, 0.3) is 0 Å². The van der Waals surface area contributed by atoms with Gasteiger partial charge in [-0.25, -0.2) is 4.99 Å². The van der Waals surface area contributed by atoms with Gasteiger partial charge in [0.25, 0.3) is 0 Å². The van der Waals surface area contributed by atoms with Crippen LogP contribution in [0.5, 0.6) is 0 Å². The molecule has 1 rings (SSSR count). The zero-order valence-corrected chi connectivity index (χ0v) is 8.33. The van der Waals surface area contributed by atoms with Crippen LogP contribution in [-0.2, 0) is 0 Å². The molecule has 0 aliphatic carbocycles. The second kappa shape index (κ2) is 6.54. The summed E-state index contributed by atoms with van der Waals surface area (Å²) in [7, 11) is 0. The van der Waals surface area contributed by atoms with Crippen LogP contribution in [0.3, 0.4) is 0 Å². The molecule has 0 unspecified atom stereocenters. The average molecular weight is 206 g/mol. The predicted octanol–water partition coefficient (Wildman–Crippen LogP) is 0.111. The molecule has 0 radical (unpaired) electrons. The van der Waals surface area contributed by atoms with Crippen molar-refractivity contribution >= 4 is 24.7 Å². The summed E-state index contributed by atoms with van der Waals surface area (Å²) in [6.45, 7) is 1.99. The monoisotopic (exact) mass is 205 g/mol. The summed E-state index contributed by atoms with van der Waals surface area (Å²) in [5, 5.41) is 3.25. The molecule has 0 amide bonds. The van der Waals surface area contributed by atoms with Crippen LogP contribution in [0.4, 0.5) is 0 Å². The number of hydrogen-bond donors (Lipinski definition) is 2. The van der Waals surface area contributed by atoms with Gasteiger partial charge in [-0.1, -0.05) is 0 Å². The summed E-state index contributed by atoms with van der Waals surface area (Å²) in [5.74, 6) is 5.41. The van der Waals surface area contributed by atoms with E-state index in [-0.39, 0.29) is 12.4 Å². The molecule has 1 heterocycles. The number of guanidine groups is 1. The molecule has 0 saturated carbocycles. The van der Waals surface area contributed by atoms with Crippen LogP contribution in [-0.4, -0.2) is 30.3 Å². The normalized spacial score (nSPS) is 18.8. The van der Waals surface area contributed by atoms with Gasteiger partial charge in [0.05, 0.1) is 0 Å². The van der Waals surface area contributed by atoms with E-state index in [9.17, 15) is 0 Å². The summed E-state index contributed by atoms with van der Waals surface area (Å²) in [5.41, 5.74) is 5.66. The molecule has 0 aromatic carbocycles. The summed E-state index contributed by atoms with van der Waals surface area (Å²) in [6, 6.07) is 0. The van der Waals surface area contributed by atoms with Crippen molar-refractivity contribution in [2.24, 2.45) is 21.7 Å². The van der Waals surface area contributed by atoms with Gasteiger partial charge in [0.15, 0.2) is 5.96 Å². The summed E-state index contributed by atoms with van der Waals surface area (Å²) < 4.78 is 0. The van der Waals surface area contributed by atoms with E-state index in [4.69, 9.17) is 11.6 Å². The molecular formula is C7H16ClN5. The largest absolute Gasteiger partial charge is 0.369 e. The first-order valence-corrected chi connectivity index (χ1v) is 4.14. The molecule has 1 aliphatic rings. The lowest BCUT2D eigenvalue weighted by atomic mass is 10.1. The topological polar surface area (TPSA) is 80.0 Å². The third-order valence-electron chi connectivity index (χ3n) is 1.94. The van der Waals surface area contributed by atoms with Crippen LogP contribution >= 0.6 is 12.4 Å². The highest BCUT2D eigenvalue weighted by Gasteiger charge is 2.10. The van der Waals surface area contributed by atoms with E-state index in [2.05, 4.69) is 10.1 Å². The number of halogens is 1. The molecule has 5 nitrogen and oxygen atoms in total. The number of nitrogens with zero attached hydrogens (tertiary/aromatic N) is 3. The first-order valence-electron chi connectivity index (χ1n) is 4.14. The van der Waals surface area contributed by atoms with E-state index in [0.717, 1.165) is 13.1 Å². The van der Waals surface area contributed by atoms with E-state index < -0.39 is 0 Å². The standard InChI is InChI=1S/C7H15N5.ClH/c8-7(10-6-11-9)12-4-2-1-3-5-12;/h6H,1-5,9H2,(H2,8,10,11);1H. The van der Waals surface area contributed by atoms with Gasteiger partial charge in [0.1, 0.15) is 6.34 Å². The van der Waals surface area contributed by atoms with E-state index in [1.165, 1.54) is 25.6 Å². The lowest BCUT2D eigenvalue weighted by Gasteiger charge is -2.26. The molecule has 0 aromatic heterocycles. The summed E-state index contributed by atoms with van der Waals surface area (Å²) in [4.78, 5) is 5.92. The molecule has 0 bridgehead atoms. The van der Waals surface area contributed by atoms with Gasteiger partial charge in [0, 0.05) is 13.1 Å². The summed E-state index contributed by atoms with van der Waals surface area (Å²) >= 11 is 0. The van der Waals surface area contributed by atoms with Gasteiger partial charge in [-0.15, -0.1) is 12.4 Å². The van der Waals surface area contributed by atoms with Crippen LogP contribution in [0.15, 0.2) is 10.1 Å². The Hall–Kier alpha value is -0.970. The van der Waals surface area contributed by atoms with E-state index >= 15 is 0 Å². The number of rotatable bonds is 1. The third-order valence-corrected chi connectivity index (χ3v) is 1.94. The third kappa shape index (κ3) is 3.98. The minimum absolute atomic E-state index is 0. The Balaban J connectivity index is 0.00000144. The minimum Gasteiger partial charge on any atom is -0.369 e. The van der Waals surface area contributed by atoms with E-state index in [0.29, 0.717) is 5.96 Å². The minimum atomic E-state index is 0. The van der Waals surface area contributed by atoms with E-state index in [1.54, 1.807) is 0 Å². The Kier molecular flexibility index (Phi) is 6.05. The Morgan fingerprint density at radius 3 is 2.38 bits per heavy atom. The van der Waals surface area contributed by atoms with Crippen molar-refractivity contribution in [3.05, 3.63) is 0 Å². The molecule has 76 valence electrons. The maximum atomic E-state index is 5.66. The fraction of sp³-hybridized carbons (Fsp3) is 0.714. The second-order valence-electron chi connectivity index (χ2n) is 2.80. The maximum absolute atomic E-state index is 5.66. The molecule has 0 atom stereocenters. The first-order chi connectivity index (χ1) is 5.84. The highest BCUT2D eigenvalue weighted by molar-refractivity contribution is 5.85. The zero-order chi connectivity index (χ0) is 8.81. The fourth-order valence-corrected chi connectivity index (χ4v) is 1.30. The molecule has 0 spiro atoms. The number of likely N-dealkylation sites (tertiary alicyclic amines) is 1. The van der Waals surface area contributed by atoms with Gasteiger partial charge in [-0.3, -0.25) is 0 Å². The number of aliphatic imine (C=N–C) groups is 1. The lowest BCUT2D eigenvalue weighted by Crippen LogP contribution is -2.40. The summed E-state index contributed by atoms with van der Waals surface area (Å²) in [6.07, 6.45) is 4.94. The van der Waals surface area contributed by atoms with Crippen LogP contribution < -0.4 is 11.6 Å². The van der Waals surface area contributed by atoms with Gasteiger partial charge < -0.3 is 16.5 Å². The Bertz CT molecular complexity index is 185. The van der Waals surface area contributed by atoms with Crippen molar-refractivity contribution < 1.29 is 0 Å². The second-order valence-corrected chi connectivity index (χ2v) is 2.80. The van der Waals surface area contributed by atoms with Crippen LogP contribution in [0.1, 0.15) is 19.3 Å². The first kappa shape index (κ1) is 12.0. The maximum Gasteiger partial charge on any atom is 0.197 e. The molecule has 13 heavy (non-hydrogen) atoms. The van der Waals surface area contributed by atoms with Crippen molar-refractivity contribution in [2.45, 2.75) is 19.3 Å². The van der Waals surface area contributed by atoms with Gasteiger partial charge in [0.2, 0.25) is 0 Å².